The van der Waals surface area contributed by atoms with Crippen LogP contribution in [0.25, 0.3) is 0 Å². The van der Waals surface area contributed by atoms with Crippen LogP contribution in [0, 0.1) is 5.92 Å². The van der Waals surface area contributed by atoms with Crippen LogP contribution in [0.1, 0.15) is 25.3 Å². The molecule has 4 nitrogen and oxygen atoms in total. The van der Waals surface area contributed by atoms with Crippen molar-refractivity contribution in [3.63, 3.8) is 0 Å². The van der Waals surface area contributed by atoms with Gasteiger partial charge in [-0.05, 0) is 24.1 Å². The van der Waals surface area contributed by atoms with E-state index in [1.165, 1.54) is 23.9 Å². The van der Waals surface area contributed by atoms with Crippen LogP contribution in [0.5, 0.6) is 0 Å². The van der Waals surface area contributed by atoms with Crippen molar-refractivity contribution < 1.29 is 38.0 Å². The lowest BCUT2D eigenvalue weighted by molar-refractivity contribution is -0.923. The lowest BCUT2D eigenvalue weighted by Crippen LogP contribution is -3.00. The molecular formula is C21H25IN2O2. The Morgan fingerprint density at radius 2 is 2.15 bits per heavy atom. The second-order valence-electron chi connectivity index (χ2n) is 8.20. The van der Waals surface area contributed by atoms with Crippen LogP contribution in [-0.2, 0) is 14.9 Å². The zero-order valence-corrected chi connectivity index (χ0v) is 17.7. The first-order chi connectivity index (χ1) is 12.0. The lowest BCUT2D eigenvalue weighted by atomic mass is 9.61. The molecule has 0 amide bonds. The summed E-state index contributed by atoms with van der Waals surface area (Å²) in [7, 11) is 3.91. The summed E-state index contributed by atoms with van der Waals surface area (Å²) in [6.07, 6.45) is 4.36. The fraction of sp³-hybridized carbons (Fsp3) is 0.476. The van der Waals surface area contributed by atoms with Gasteiger partial charge in [0.25, 0.3) is 0 Å². The van der Waals surface area contributed by atoms with Crippen molar-refractivity contribution in [3.8, 4) is 0 Å². The fourth-order valence-corrected chi connectivity index (χ4v) is 6.23. The first-order valence-electron chi connectivity index (χ1n) is 9.24. The predicted octanol–water partition coefficient (Wildman–Crippen LogP) is -0.0203. The van der Waals surface area contributed by atoms with E-state index in [2.05, 4.69) is 49.6 Å². The summed E-state index contributed by atoms with van der Waals surface area (Å²) in [5.41, 5.74) is 5.88. The number of methoxy groups -OCH3 is 1. The van der Waals surface area contributed by atoms with Gasteiger partial charge in [0.15, 0.2) is 0 Å². The maximum atomic E-state index is 12.8. The van der Waals surface area contributed by atoms with E-state index in [0.717, 1.165) is 41.7 Å². The lowest BCUT2D eigenvalue weighted by Gasteiger charge is -2.51. The van der Waals surface area contributed by atoms with Gasteiger partial charge in [-0.25, -0.2) is 4.79 Å². The van der Waals surface area contributed by atoms with Crippen molar-refractivity contribution in [2.75, 3.05) is 32.6 Å². The molecule has 5 heteroatoms. The molecule has 0 aromatic heterocycles. The molecule has 138 valence electrons. The Kier molecular flexibility index (Phi) is 4.04. The van der Waals surface area contributed by atoms with Gasteiger partial charge in [-0.2, -0.15) is 0 Å². The Hall–Kier alpha value is -1.34. The number of para-hydroxylation sites is 1. The van der Waals surface area contributed by atoms with Gasteiger partial charge in [0.2, 0.25) is 0 Å². The largest absolute Gasteiger partial charge is 1.00 e. The molecule has 2 bridgehead atoms. The molecule has 0 saturated carbocycles. The number of quaternary nitrogens is 1. The van der Waals surface area contributed by atoms with E-state index in [1.807, 2.05) is 0 Å². The van der Waals surface area contributed by atoms with Gasteiger partial charge >= 0.3 is 5.97 Å². The summed E-state index contributed by atoms with van der Waals surface area (Å²) in [5.74, 6) is 0.0252. The van der Waals surface area contributed by atoms with Crippen molar-refractivity contribution in [1.82, 2.24) is 0 Å². The number of esters is 1. The summed E-state index contributed by atoms with van der Waals surface area (Å²) >= 11 is 0. The van der Waals surface area contributed by atoms with E-state index in [9.17, 15) is 4.79 Å². The number of carbonyl (C=O) groups excluding carboxylic acids is 1. The van der Waals surface area contributed by atoms with Crippen LogP contribution >= 0.6 is 0 Å². The minimum Gasteiger partial charge on any atom is -1.00 e. The molecule has 1 aliphatic carbocycles. The summed E-state index contributed by atoms with van der Waals surface area (Å²) in [6, 6.07) is 9.13. The monoisotopic (exact) mass is 464 g/mol. The molecule has 4 atom stereocenters. The highest BCUT2D eigenvalue weighted by atomic mass is 127. The fourth-order valence-electron chi connectivity index (χ4n) is 6.23. The van der Waals surface area contributed by atoms with Gasteiger partial charge in [-0.15, -0.1) is 0 Å². The quantitative estimate of drug-likeness (QED) is 0.275. The van der Waals surface area contributed by atoms with Gasteiger partial charge in [-0.3, -0.25) is 0 Å². The van der Waals surface area contributed by atoms with Crippen LogP contribution in [0.3, 0.4) is 0 Å². The number of likely N-dealkylation sites (N-methyl/N-ethyl adjacent to an activating group) is 1. The Bertz CT molecular complexity index is 861. The summed E-state index contributed by atoms with van der Waals surface area (Å²) in [4.78, 5) is 12.8. The number of carbonyl (C=O) groups is 1. The third-order valence-corrected chi connectivity index (χ3v) is 7.30. The first kappa shape index (κ1) is 18.0. The minimum absolute atomic E-state index is 0. The molecule has 1 aromatic carbocycles. The molecule has 4 aliphatic rings. The summed E-state index contributed by atoms with van der Waals surface area (Å²) < 4.78 is 6.33. The van der Waals surface area contributed by atoms with Crippen molar-refractivity contribution in [3.05, 3.63) is 52.7 Å². The molecular weight excluding hydrogens is 439 g/mol. The number of piperidine rings is 1. The number of fused-ring (bicyclic) bond motifs is 2. The van der Waals surface area contributed by atoms with Crippen molar-refractivity contribution in [2.24, 2.45) is 5.92 Å². The highest BCUT2D eigenvalue weighted by Gasteiger charge is 2.68. The van der Waals surface area contributed by atoms with Crippen LogP contribution in [-0.4, -0.2) is 43.7 Å². The van der Waals surface area contributed by atoms with Gasteiger partial charge in [0, 0.05) is 30.1 Å². The molecule has 2 fully saturated rings. The molecule has 3 heterocycles. The highest BCUT2D eigenvalue weighted by molar-refractivity contribution is 5.94. The number of nitrogens with one attached hydrogen (secondary N) is 1. The number of hydrogen-bond acceptors (Lipinski definition) is 3. The van der Waals surface area contributed by atoms with Crippen LogP contribution in [0.15, 0.2) is 47.2 Å². The molecule has 2 unspecified atom stereocenters. The normalized spacial score (nSPS) is 37.6. The molecule has 1 spiro atoms. The van der Waals surface area contributed by atoms with Gasteiger partial charge < -0.3 is 38.5 Å². The molecule has 3 aliphatic heterocycles. The molecule has 0 radical (unpaired) electrons. The van der Waals surface area contributed by atoms with E-state index < -0.39 is 0 Å². The Labute approximate surface area is 171 Å². The third kappa shape index (κ3) is 1.96. The second-order valence-corrected chi connectivity index (χ2v) is 8.20. The molecule has 2 saturated heterocycles. The van der Waals surface area contributed by atoms with E-state index in [4.69, 9.17) is 4.74 Å². The SMILES string of the molecule is C/C=C1/C[N+]2(C)CC[C@]34C(=C(C(=O)OC)C1C[C@@H]32)Nc1ccccc14.[I-]. The number of benzene rings is 1. The van der Waals surface area contributed by atoms with Crippen molar-refractivity contribution >= 4 is 11.7 Å². The summed E-state index contributed by atoms with van der Waals surface area (Å²) in [6.45, 7) is 4.31. The Morgan fingerprint density at radius 3 is 2.88 bits per heavy atom. The van der Waals surface area contributed by atoms with E-state index >= 15 is 0 Å². The topological polar surface area (TPSA) is 38.3 Å². The number of nitrogens with zero attached hydrogens (tertiary/aromatic N) is 1. The van der Waals surface area contributed by atoms with Gasteiger partial charge in [-0.1, -0.05) is 24.3 Å². The van der Waals surface area contributed by atoms with Crippen molar-refractivity contribution in [2.45, 2.75) is 31.2 Å². The van der Waals surface area contributed by atoms with Crippen LogP contribution < -0.4 is 29.3 Å². The maximum absolute atomic E-state index is 12.8. The zero-order chi connectivity index (χ0) is 17.4. The number of ether oxygens (including phenoxy) is 1. The number of anilines is 1. The maximum Gasteiger partial charge on any atom is 0.336 e. The average Bonchev–Trinajstić information content (AvgIpc) is 3.14. The van der Waals surface area contributed by atoms with E-state index in [-0.39, 0.29) is 41.3 Å². The smallest absolute Gasteiger partial charge is 0.336 e. The Morgan fingerprint density at radius 1 is 1.38 bits per heavy atom. The van der Waals surface area contributed by atoms with Crippen molar-refractivity contribution in [1.29, 1.82) is 0 Å². The molecule has 1 N–H and O–H groups in total. The Balaban J connectivity index is 0.00000168. The number of allylic oxidation sites excluding steroid dienone is 1. The summed E-state index contributed by atoms with van der Waals surface area (Å²) in [5, 5.41) is 3.65. The molecule has 26 heavy (non-hydrogen) atoms. The van der Waals surface area contributed by atoms with E-state index in [0.29, 0.717) is 6.04 Å². The van der Waals surface area contributed by atoms with E-state index in [1.54, 1.807) is 0 Å². The average molecular weight is 464 g/mol. The molecule has 5 rings (SSSR count). The van der Waals surface area contributed by atoms with Crippen LogP contribution in [0.2, 0.25) is 0 Å². The van der Waals surface area contributed by atoms with Crippen LogP contribution in [0.4, 0.5) is 5.69 Å². The van der Waals surface area contributed by atoms with Gasteiger partial charge in [0.05, 0.1) is 31.7 Å². The highest BCUT2D eigenvalue weighted by Crippen LogP contribution is 2.63. The van der Waals surface area contributed by atoms with Gasteiger partial charge in [0.1, 0.15) is 12.6 Å². The third-order valence-electron chi connectivity index (χ3n) is 7.30. The first-order valence-corrected chi connectivity index (χ1v) is 9.24. The minimum atomic E-state index is -0.166. The zero-order valence-electron chi connectivity index (χ0n) is 15.5. The standard InChI is InChI=1S/C21H24N2O2.HI/c1-4-13-12-23(2)10-9-21-15-7-5-6-8-16(15)22-19(21)18(20(24)25-3)14(13)11-17(21)23;/h4-8,14,17H,9-12H2,1-3H3;1H/b13-4-;/t14?,17-,21+,23?;/m0./s1. The predicted molar refractivity (Wildman–Crippen MR) is 97.0 cm³/mol. The molecule has 1 aromatic rings. The number of halogens is 1. The number of rotatable bonds is 1. The number of hydrogen-bond donors (Lipinski definition) is 1. The second kappa shape index (κ2) is 5.83.